The van der Waals surface area contributed by atoms with Crippen LogP contribution >= 0.6 is 0 Å². The molecular weight excluding hydrogens is 168 g/mol. The molecule has 76 valence electrons. The summed E-state index contributed by atoms with van der Waals surface area (Å²) >= 11 is 0. The Kier molecular flexibility index (Phi) is 6.96. The minimum Gasteiger partial charge on any atom is -0.394 e. The van der Waals surface area contributed by atoms with Gasteiger partial charge in [-0.05, 0) is 20.3 Å². The smallest absolute Gasteiger partial charge is 0.220 e. The van der Waals surface area contributed by atoms with Gasteiger partial charge in [0.15, 0.2) is 0 Å². The van der Waals surface area contributed by atoms with E-state index in [9.17, 15) is 4.79 Å². The molecule has 0 atom stereocenters. The molecule has 0 aliphatic rings. The first-order valence-corrected chi connectivity index (χ1v) is 4.56. The van der Waals surface area contributed by atoms with Crippen molar-refractivity contribution in [2.75, 3.05) is 13.2 Å². The van der Waals surface area contributed by atoms with Gasteiger partial charge in [0, 0.05) is 6.42 Å². The number of carbonyl (C=O) groups is 1. The van der Waals surface area contributed by atoms with E-state index in [1.807, 2.05) is 20.8 Å². The second-order valence-electron chi connectivity index (χ2n) is 2.97. The topological polar surface area (TPSA) is 50.7 Å². The van der Waals surface area contributed by atoms with Gasteiger partial charge in [0.1, 0.15) is 6.61 Å². The minimum atomic E-state index is 0.0725. The highest BCUT2D eigenvalue weighted by Gasteiger charge is 1.96. The summed E-state index contributed by atoms with van der Waals surface area (Å²) in [5.41, 5.74) is 0.875. The van der Waals surface area contributed by atoms with Crippen molar-refractivity contribution >= 4 is 11.6 Å². The number of hydrogen-bond acceptors (Lipinski definition) is 3. The molecule has 0 aliphatic heterocycles. The van der Waals surface area contributed by atoms with Crippen LogP contribution in [-0.2, 0) is 9.63 Å². The molecule has 1 amide bonds. The van der Waals surface area contributed by atoms with Crippen LogP contribution in [0.15, 0.2) is 5.16 Å². The first-order chi connectivity index (χ1) is 6.16. The Morgan fingerprint density at radius 1 is 1.46 bits per heavy atom. The molecular formula is C9H18N2O2. The Labute approximate surface area is 79.3 Å². The average Bonchev–Trinajstić information content (AvgIpc) is 2.03. The highest BCUT2D eigenvalue weighted by molar-refractivity contribution is 5.78. The van der Waals surface area contributed by atoms with Crippen LogP contribution < -0.4 is 5.32 Å². The van der Waals surface area contributed by atoms with Crippen LogP contribution in [0.2, 0.25) is 0 Å². The van der Waals surface area contributed by atoms with Crippen LogP contribution in [0.1, 0.15) is 33.6 Å². The third-order valence-corrected chi connectivity index (χ3v) is 1.24. The van der Waals surface area contributed by atoms with Gasteiger partial charge >= 0.3 is 0 Å². The van der Waals surface area contributed by atoms with Crippen LogP contribution in [0, 0.1) is 0 Å². The Morgan fingerprint density at radius 3 is 2.69 bits per heavy atom. The summed E-state index contributed by atoms with van der Waals surface area (Å²) in [6, 6.07) is 0. The Hall–Kier alpha value is -1.06. The van der Waals surface area contributed by atoms with Crippen LogP contribution in [0.4, 0.5) is 0 Å². The zero-order valence-electron chi connectivity index (χ0n) is 8.59. The maximum atomic E-state index is 10.9. The summed E-state index contributed by atoms with van der Waals surface area (Å²) in [6.45, 7) is 6.64. The predicted molar refractivity (Wildman–Crippen MR) is 52.7 cm³/mol. The summed E-state index contributed by atoms with van der Waals surface area (Å²) in [5, 5.41) is 6.46. The molecule has 0 heterocycles. The van der Waals surface area contributed by atoms with Crippen molar-refractivity contribution in [1.29, 1.82) is 0 Å². The number of oxime groups is 1. The zero-order chi connectivity index (χ0) is 10.1. The summed E-state index contributed by atoms with van der Waals surface area (Å²) in [7, 11) is 0. The molecule has 13 heavy (non-hydrogen) atoms. The molecule has 0 saturated carbocycles. The maximum absolute atomic E-state index is 10.9. The van der Waals surface area contributed by atoms with E-state index in [2.05, 4.69) is 10.5 Å². The lowest BCUT2D eigenvalue weighted by atomic mass is 10.3. The van der Waals surface area contributed by atoms with Crippen molar-refractivity contribution in [3.63, 3.8) is 0 Å². The van der Waals surface area contributed by atoms with Crippen molar-refractivity contribution < 1.29 is 9.63 Å². The molecule has 0 bridgehead atoms. The highest BCUT2D eigenvalue weighted by atomic mass is 16.6. The van der Waals surface area contributed by atoms with Gasteiger partial charge in [-0.2, -0.15) is 0 Å². The van der Waals surface area contributed by atoms with Gasteiger partial charge in [-0.25, -0.2) is 0 Å². The lowest BCUT2D eigenvalue weighted by molar-refractivity contribution is -0.121. The van der Waals surface area contributed by atoms with Crippen molar-refractivity contribution in [2.45, 2.75) is 33.6 Å². The van der Waals surface area contributed by atoms with Crippen LogP contribution in [0.5, 0.6) is 0 Å². The predicted octanol–water partition coefficient (Wildman–Crippen LogP) is 1.32. The third-order valence-electron chi connectivity index (χ3n) is 1.24. The summed E-state index contributed by atoms with van der Waals surface area (Å²) in [6.07, 6.45) is 1.45. The molecule has 0 aliphatic carbocycles. The fourth-order valence-corrected chi connectivity index (χ4v) is 0.726. The lowest BCUT2D eigenvalue weighted by Gasteiger charge is -2.02. The van der Waals surface area contributed by atoms with Crippen LogP contribution in [-0.4, -0.2) is 24.8 Å². The fraction of sp³-hybridized carbons (Fsp3) is 0.778. The van der Waals surface area contributed by atoms with Gasteiger partial charge in [0.05, 0.1) is 12.3 Å². The zero-order valence-corrected chi connectivity index (χ0v) is 8.59. The second kappa shape index (κ2) is 7.58. The molecule has 0 aromatic rings. The SMILES string of the molecule is CCCC(=O)NCCON=C(C)C. The molecule has 4 heteroatoms. The maximum Gasteiger partial charge on any atom is 0.220 e. The van der Waals surface area contributed by atoms with E-state index in [-0.39, 0.29) is 5.91 Å². The van der Waals surface area contributed by atoms with Gasteiger partial charge in [-0.3, -0.25) is 4.79 Å². The molecule has 0 fully saturated rings. The van der Waals surface area contributed by atoms with Gasteiger partial charge in [-0.1, -0.05) is 12.1 Å². The number of nitrogens with zero attached hydrogens (tertiary/aromatic N) is 1. The highest BCUT2D eigenvalue weighted by Crippen LogP contribution is 1.85. The number of nitrogens with one attached hydrogen (secondary N) is 1. The van der Waals surface area contributed by atoms with E-state index in [1.165, 1.54) is 0 Å². The number of rotatable bonds is 6. The van der Waals surface area contributed by atoms with E-state index in [1.54, 1.807) is 0 Å². The third kappa shape index (κ3) is 8.85. The van der Waals surface area contributed by atoms with E-state index in [0.717, 1.165) is 12.1 Å². The fourth-order valence-electron chi connectivity index (χ4n) is 0.726. The molecule has 1 N–H and O–H groups in total. The molecule has 0 rings (SSSR count). The standard InChI is InChI=1S/C9H18N2O2/c1-4-5-9(12)10-6-7-13-11-8(2)3/h4-7H2,1-3H3,(H,10,12). The van der Waals surface area contributed by atoms with Gasteiger partial charge in [0.25, 0.3) is 0 Å². The van der Waals surface area contributed by atoms with Crippen molar-refractivity contribution in [3.05, 3.63) is 0 Å². The Bertz CT molecular complexity index is 174. The number of amides is 1. The van der Waals surface area contributed by atoms with Gasteiger partial charge in [0.2, 0.25) is 5.91 Å². The van der Waals surface area contributed by atoms with Crippen molar-refractivity contribution in [2.24, 2.45) is 5.16 Å². The normalized spacial score (nSPS) is 9.15. The van der Waals surface area contributed by atoms with Gasteiger partial charge < -0.3 is 10.2 Å². The number of carbonyl (C=O) groups excluding carboxylic acids is 1. The van der Waals surface area contributed by atoms with Crippen LogP contribution in [0.3, 0.4) is 0 Å². The van der Waals surface area contributed by atoms with Crippen molar-refractivity contribution in [1.82, 2.24) is 5.32 Å². The Morgan fingerprint density at radius 2 is 2.15 bits per heavy atom. The molecule has 0 spiro atoms. The molecule has 4 nitrogen and oxygen atoms in total. The molecule has 0 unspecified atom stereocenters. The van der Waals surface area contributed by atoms with E-state index in [0.29, 0.717) is 19.6 Å². The minimum absolute atomic E-state index is 0.0725. The molecule has 0 aromatic heterocycles. The molecule has 0 saturated heterocycles. The largest absolute Gasteiger partial charge is 0.394 e. The van der Waals surface area contributed by atoms with Crippen molar-refractivity contribution in [3.8, 4) is 0 Å². The first-order valence-electron chi connectivity index (χ1n) is 4.56. The summed E-state index contributed by atoms with van der Waals surface area (Å²) in [4.78, 5) is 15.8. The second-order valence-corrected chi connectivity index (χ2v) is 2.97. The first kappa shape index (κ1) is 11.9. The molecule has 0 radical (unpaired) electrons. The Balaban J connectivity index is 3.26. The lowest BCUT2D eigenvalue weighted by Crippen LogP contribution is -2.26. The van der Waals surface area contributed by atoms with E-state index in [4.69, 9.17) is 4.84 Å². The van der Waals surface area contributed by atoms with Gasteiger partial charge in [-0.15, -0.1) is 0 Å². The molecule has 0 aromatic carbocycles. The van der Waals surface area contributed by atoms with Crippen LogP contribution in [0.25, 0.3) is 0 Å². The summed E-state index contributed by atoms with van der Waals surface area (Å²) < 4.78 is 0. The number of hydrogen-bond donors (Lipinski definition) is 1. The van der Waals surface area contributed by atoms with E-state index >= 15 is 0 Å². The quantitative estimate of drug-likeness (QED) is 0.386. The summed E-state index contributed by atoms with van der Waals surface area (Å²) in [5.74, 6) is 0.0725. The van der Waals surface area contributed by atoms with E-state index < -0.39 is 0 Å². The average molecular weight is 186 g/mol. The monoisotopic (exact) mass is 186 g/mol.